The Balaban J connectivity index is 0.000000197. The minimum Gasteiger partial charge on any atom is -0.481 e. The molecule has 23 heteroatoms. The van der Waals surface area contributed by atoms with E-state index in [1.807, 2.05) is 86.8 Å². The van der Waals surface area contributed by atoms with Gasteiger partial charge in [-0.05, 0) is 225 Å². The number of ether oxygens (including phenoxy) is 2. The molecule has 0 bridgehead atoms. The molecule has 17 nitrogen and oxygen atoms in total. The number of benzene rings is 5. The summed E-state index contributed by atoms with van der Waals surface area (Å²) in [6, 6.07) is 34.4. The highest BCUT2D eigenvalue weighted by atomic mass is 35.5. The van der Waals surface area contributed by atoms with Crippen molar-refractivity contribution in [3.63, 3.8) is 0 Å². The van der Waals surface area contributed by atoms with Crippen LogP contribution in [-0.4, -0.2) is 199 Å². The molecule has 5 aliphatic heterocycles. The van der Waals surface area contributed by atoms with Crippen LogP contribution in [0.25, 0.3) is 0 Å². The summed E-state index contributed by atoms with van der Waals surface area (Å²) in [6.45, 7) is 45.8. The van der Waals surface area contributed by atoms with Gasteiger partial charge in [0.25, 0.3) is 0 Å². The number of carbonyl (C=O) groups excluding carboxylic acids is 5. The molecule has 7 atom stereocenters. The molecule has 634 valence electrons. The SMILES string of the molecule is CC(=O)N(C(C)C)[C@@H]1Cc2ccccc2C12CCN(C(=O)C1CN(C(C)(C)C)C[C@H]1c1ccc(F)cc1F)CC2.CC(=O)N(C(C)C)[C@@H]1Cc2ccccc2C12CCN(C(=O)OC(C)(C)C)CC2.CC(C)(C)N1C[C@@H](C(=O)O)[C@H](c2ccc(F)cc2F)C1.CC(C)N[C@@H]1Cc2ccccc2C12CCN(C(=O)OC(C)(C)C)CC2.Cl.Cl. The monoisotopic (exact) mass is 1640 g/mol. The first-order chi connectivity index (χ1) is 52.8. The Morgan fingerprint density at radius 1 is 0.461 bits per heavy atom. The third-order valence-corrected chi connectivity index (χ3v) is 25.4. The fraction of sp³-hybridized carbons (Fsp3) is 0.609. The van der Waals surface area contributed by atoms with Crippen molar-refractivity contribution in [2.75, 3.05) is 65.4 Å². The number of aliphatic carboxylic acids is 1. The van der Waals surface area contributed by atoms with E-state index in [4.69, 9.17) is 9.47 Å². The predicted molar refractivity (Wildman–Crippen MR) is 450 cm³/mol. The average molecular weight is 1640 g/mol. The number of hydrogen-bond donors (Lipinski definition) is 2. The minimum absolute atomic E-state index is 0. The highest BCUT2D eigenvalue weighted by molar-refractivity contribution is 5.86. The number of carboxylic acids is 1. The van der Waals surface area contributed by atoms with E-state index in [1.54, 1.807) is 13.8 Å². The Kier molecular flexibility index (Phi) is 29.9. The lowest BCUT2D eigenvalue weighted by atomic mass is 9.70. The molecule has 3 spiro atoms. The number of carboxylic acid groups (broad SMARTS) is 1. The number of amides is 5. The average Bonchev–Trinajstić information content (AvgIpc) is 1.87. The predicted octanol–water partition coefficient (Wildman–Crippen LogP) is 17.2. The van der Waals surface area contributed by atoms with Crippen LogP contribution in [0, 0.1) is 35.1 Å². The van der Waals surface area contributed by atoms with Gasteiger partial charge in [0, 0.05) is 167 Å². The number of nitrogens with one attached hydrogen (secondary N) is 1. The second-order valence-electron chi connectivity index (χ2n) is 38.0. The molecule has 0 radical (unpaired) electrons. The Bertz CT molecular complexity index is 4220. The van der Waals surface area contributed by atoms with Gasteiger partial charge in [0.2, 0.25) is 17.7 Å². The number of likely N-dealkylation sites (tertiary alicyclic amines) is 5. The number of nitrogens with zero attached hydrogens (tertiary/aromatic N) is 7. The fourth-order valence-electron chi connectivity index (χ4n) is 20.0. The van der Waals surface area contributed by atoms with Crippen molar-refractivity contribution in [2.45, 2.75) is 283 Å². The molecule has 1 unspecified atom stereocenters. The number of carbonyl (C=O) groups is 6. The molecule has 13 rings (SSSR count). The van der Waals surface area contributed by atoms with Crippen molar-refractivity contribution >= 4 is 60.7 Å². The Labute approximate surface area is 694 Å². The highest BCUT2D eigenvalue weighted by Gasteiger charge is 2.56. The number of piperidine rings is 3. The summed E-state index contributed by atoms with van der Waals surface area (Å²) >= 11 is 0. The molecule has 2 N–H and O–H groups in total. The quantitative estimate of drug-likeness (QED) is 0.127. The highest BCUT2D eigenvalue weighted by Crippen LogP contribution is 2.53. The van der Waals surface area contributed by atoms with Crippen LogP contribution in [0.3, 0.4) is 0 Å². The van der Waals surface area contributed by atoms with Crippen molar-refractivity contribution in [1.82, 2.24) is 39.6 Å². The Hall–Kier alpha value is -7.30. The standard InChI is InChI=1S/C33H43F2N3O2.C23H34N2O3.C21H32N2O2.C15H19F2NO2.2ClH/c1-21(2)38(22(3)39)30-17-23-9-7-8-10-28(23)33(30)13-15-36(16-14-33)31(40)27-20-37(32(4,5)6)19-26(27)25-12-11-24(34)18-29(25)35;1-16(2)25(17(3)26)20-15-18-9-7-8-10-19(18)23(20)11-13-24(14-12-23)21(27)28-22(4,5)6;1-15(2)22-18-14-16-8-6-7-9-17(16)21(18)10-12-23(13-11-21)19(24)25-20(3,4)5;1-15(2,3)18-7-11(12(8-18)14(19)20)10-5-4-9(16)6-13(10)17;;/h7-12,18,21,26-27,30H,13-17,19-20H2,1-6H3;7-10,16,20H,11-15H2,1-6H3;6-9,15,18,22H,10-14H2,1-5H3;4-6,11-12H,7-8H2,1-3H3,(H,19,20);2*1H/t26-,27?,30+;20-;18-;11-,12+;;/m0110../s1. The number of fused-ring (bicyclic) bond motifs is 6. The van der Waals surface area contributed by atoms with Crippen LogP contribution < -0.4 is 5.32 Å². The van der Waals surface area contributed by atoms with Gasteiger partial charge in [0.1, 0.15) is 34.5 Å². The Morgan fingerprint density at radius 3 is 1.12 bits per heavy atom. The molecule has 0 saturated carbocycles. The van der Waals surface area contributed by atoms with Crippen molar-refractivity contribution in [1.29, 1.82) is 0 Å². The molecule has 5 fully saturated rings. The summed E-state index contributed by atoms with van der Waals surface area (Å²) in [5, 5.41) is 13.1. The van der Waals surface area contributed by atoms with Crippen LogP contribution in [0.15, 0.2) is 109 Å². The molecule has 115 heavy (non-hydrogen) atoms. The van der Waals surface area contributed by atoms with Gasteiger partial charge in [0.05, 0.1) is 11.8 Å². The van der Waals surface area contributed by atoms with E-state index in [9.17, 15) is 51.4 Å². The van der Waals surface area contributed by atoms with Gasteiger partial charge in [-0.3, -0.25) is 29.0 Å². The third-order valence-electron chi connectivity index (χ3n) is 25.4. The number of hydrogen-bond acceptors (Lipinski definition) is 11. The zero-order chi connectivity index (χ0) is 83.0. The Morgan fingerprint density at radius 2 is 0.791 bits per heavy atom. The topological polar surface area (TPSA) is 176 Å². The van der Waals surface area contributed by atoms with Gasteiger partial charge in [-0.2, -0.15) is 0 Å². The van der Waals surface area contributed by atoms with Gasteiger partial charge in [0.15, 0.2) is 0 Å². The zero-order valence-corrected chi connectivity index (χ0v) is 73.4. The van der Waals surface area contributed by atoms with Crippen molar-refractivity contribution < 1.29 is 60.9 Å². The molecule has 5 aromatic carbocycles. The van der Waals surface area contributed by atoms with Crippen molar-refractivity contribution in [2.24, 2.45) is 11.8 Å². The van der Waals surface area contributed by atoms with E-state index in [0.717, 1.165) is 83.0 Å². The van der Waals surface area contributed by atoms with Crippen molar-refractivity contribution in [3.05, 3.63) is 177 Å². The molecule has 3 aliphatic carbocycles. The van der Waals surface area contributed by atoms with Crippen LogP contribution in [0.2, 0.25) is 0 Å². The lowest BCUT2D eigenvalue weighted by Gasteiger charge is -2.48. The normalized spacial score (nSPS) is 22.7. The van der Waals surface area contributed by atoms with Gasteiger partial charge in [-0.15, -0.1) is 24.8 Å². The minimum atomic E-state index is -0.939. The van der Waals surface area contributed by atoms with Crippen molar-refractivity contribution in [3.8, 4) is 0 Å². The van der Waals surface area contributed by atoms with E-state index in [-0.39, 0.29) is 118 Å². The summed E-state index contributed by atoms with van der Waals surface area (Å²) in [7, 11) is 0. The molecule has 5 amide bonds. The number of halogens is 6. The van der Waals surface area contributed by atoms with Crippen LogP contribution in [-0.2, 0) is 64.2 Å². The smallest absolute Gasteiger partial charge is 0.410 e. The largest absolute Gasteiger partial charge is 0.481 e. The molecular weight excluding hydrogens is 1510 g/mol. The molecule has 5 saturated heterocycles. The van der Waals surface area contributed by atoms with Crippen LogP contribution in [0.5, 0.6) is 0 Å². The van der Waals surface area contributed by atoms with E-state index in [1.165, 1.54) is 57.6 Å². The summed E-state index contributed by atoms with van der Waals surface area (Å²) in [5.41, 5.74) is 7.51. The first-order valence-corrected chi connectivity index (χ1v) is 41.3. The molecule has 8 aliphatic rings. The molecule has 5 heterocycles. The molecular formula is C92H130Cl2F4N8O9. The van der Waals surface area contributed by atoms with E-state index < -0.39 is 58.2 Å². The first-order valence-electron chi connectivity index (χ1n) is 41.3. The molecule has 0 aromatic heterocycles. The fourth-order valence-corrected chi connectivity index (χ4v) is 20.0. The third kappa shape index (κ3) is 20.7. The summed E-state index contributed by atoms with van der Waals surface area (Å²) in [6.07, 6.45) is 7.64. The van der Waals surface area contributed by atoms with Gasteiger partial charge >= 0.3 is 18.2 Å². The van der Waals surface area contributed by atoms with Crippen LogP contribution >= 0.6 is 24.8 Å². The van der Waals surface area contributed by atoms with E-state index >= 15 is 0 Å². The lowest BCUT2D eigenvalue weighted by Crippen LogP contribution is -2.58. The maximum absolute atomic E-state index is 15.0. The van der Waals surface area contributed by atoms with Gasteiger partial charge < -0.3 is 44.4 Å². The number of rotatable bonds is 10. The molecule has 5 aromatic rings. The zero-order valence-electron chi connectivity index (χ0n) is 71.8. The second kappa shape index (κ2) is 36.9. The second-order valence-corrected chi connectivity index (χ2v) is 38.0. The lowest BCUT2D eigenvalue weighted by molar-refractivity contribution is -0.142. The maximum Gasteiger partial charge on any atom is 0.410 e. The van der Waals surface area contributed by atoms with Crippen LogP contribution in [0.4, 0.5) is 27.2 Å². The summed E-state index contributed by atoms with van der Waals surface area (Å²) in [4.78, 5) is 89.9. The van der Waals surface area contributed by atoms with E-state index in [2.05, 4.69) is 150 Å². The summed E-state index contributed by atoms with van der Waals surface area (Å²) in [5.74, 6) is -5.05. The van der Waals surface area contributed by atoms with Gasteiger partial charge in [-0.25, -0.2) is 27.2 Å². The maximum atomic E-state index is 15.0. The van der Waals surface area contributed by atoms with E-state index in [0.29, 0.717) is 70.0 Å². The van der Waals surface area contributed by atoms with Gasteiger partial charge in [-0.1, -0.05) is 98.8 Å². The van der Waals surface area contributed by atoms with Crippen LogP contribution in [0.1, 0.15) is 233 Å². The first kappa shape index (κ1) is 93.2. The summed E-state index contributed by atoms with van der Waals surface area (Å²) < 4.78 is 66.7.